The number of carbonyl (C=O) groups excluding carboxylic acids is 2. The van der Waals surface area contributed by atoms with Crippen molar-refractivity contribution >= 4 is 116 Å². The van der Waals surface area contributed by atoms with Gasteiger partial charge >= 0.3 is 0 Å². The van der Waals surface area contributed by atoms with Crippen molar-refractivity contribution in [2.75, 3.05) is 35.7 Å². The fourth-order valence-electron chi connectivity index (χ4n) is 4.04. The molecule has 0 aliphatic carbocycles. The number of hydrogen-bond donors (Lipinski definition) is 2. The summed E-state index contributed by atoms with van der Waals surface area (Å²) in [6, 6.07) is 12.6. The number of benzene rings is 3. The fraction of sp³-hybridized carbons (Fsp3) is 0.192. The number of hydrogen-bond acceptors (Lipinski definition) is 5. The van der Waals surface area contributed by atoms with Crippen molar-refractivity contribution in [1.29, 1.82) is 0 Å². The first-order chi connectivity index (χ1) is 19.0. The Bertz CT molecular complexity index is 1430. The van der Waals surface area contributed by atoms with Gasteiger partial charge in [-0.3, -0.25) is 14.5 Å². The Hall–Kier alpha value is -2.17. The van der Waals surface area contributed by atoms with Gasteiger partial charge in [-0.25, -0.2) is 0 Å². The molecular weight excluding hydrogens is 661 g/mol. The second kappa shape index (κ2) is 13.2. The summed E-state index contributed by atoms with van der Waals surface area (Å²) in [7, 11) is 1.55. The lowest BCUT2D eigenvalue weighted by Gasteiger charge is -2.25. The molecule has 0 saturated carbocycles. The van der Waals surface area contributed by atoms with E-state index >= 15 is 0 Å². The Morgan fingerprint density at radius 3 is 2.05 bits per heavy atom. The molecule has 1 aliphatic rings. The quantitative estimate of drug-likeness (QED) is 0.135. The van der Waals surface area contributed by atoms with Gasteiger partial charge in [-0.1, -0.05) is 69.6 Å². The second-order valence-electron chi connectivity index (χ2n) is 8.49. The summed E-state index contributed by atoms with van der Waals surface area (Å²) in [6.07, 6.45) is -0.158. The van der Waals surface area contributed by atoms with Crippen molar-refractivity contribution in [1.82, 2.24) is 4.90 Å². The zero-order valence-corrected chi connectivity index (χ0v) is 26.0. The lowest BCUT2D eigenvalue weighted by atomic mass is 10.1. The average molecular weight is 681 g/mol. The highest BCUT2D eigenvalue weighted by molar-refractivity contribution is 7.80. The van der Waals surface area contributed by atoms with E-state index in [-0.39, 0.29) is 67.2 Å². The first kappa shape index (κ1) is 30.8. The van der Waals surface area contributed by atoms with Gasteiger partial charge in [0.05, 0.1) is 50.0 Å². The zero-order chi connectivity index (χ0) is 29.1. The molecule has 1 atom stereocenters. The number of carbonyl (C=O) groups is 2. The Kier molecular flexibility index (Phi) is 10.2. The van der Waals surface area contributed by atoms with Gasteiger partial charge in [-0.05, 0) is 60.7 Å². The maximum atomic E-state index is 13.6. The smallest absolute Gasteiger partial charge is 0.256 e. The van der Waals surface area contributed by atoms with Gasteiger partial charge in [0.15, 0.2) is 5.11 Å². The summed E-state index contributed by atoms with van der Waals surface area (Å²) in [5.74, 6) is -0.0782. The van der Waals surface area contributed by atoms with E-state index in [0.29, 0.717) is 22.1 Å². The zero-order valence-electron chi connectivity index (χ0n) is 20.6. The van der Waals surface area contributed by atoms with Gasteiger partial charge in [-0.15, -0.1) is 0 Å². The van der Waals surface area contributed by atoms with Crippen molar-refractivity contribution in [3.05, 3.63) is 78.7 Å². The van der Waals surface area contributed by atoms with Crippen LogP contribution >= 0.6 is 81.8 Å². The van der Waals surface area contributed by atoms with Gasteiger partial charge in [0.1, 0.15) is 11.8 Å². The SMILES string of the molecule is COc1ccc(NC(=O)C[C@@H]2C(=O)N(c3ccc(Cl)cc3)C(=S)N2CCNc2c(Cl)c(Cl)c(Cl)c(Cl)c2Cl)cc1. The predicted molar refractivity (Wildman–Crippen MR) is 168 cm³/mol. The molecule has 1 heterocycles. The molecule has 0 spiro atoms. The normalized spacial score (nSPS) is 15.0. The number of methoxy groups -OCH3 is 1. The van der Waals surface area contributed by atoms with Crippen LogP contribution in [0, 0.1) is 0 Å². The molecule has 210 valence electrons. The lowest BCUT2D eigenvalue weighted by molar-refractivity contribution is -0.124. The molecule has 2 N–H and O–H groups in total. The molecule has 0 unspecified atom stereocenters. The van der Waals surface area contributed by atoms with Crippen LogP contribution in [0.5, 0.6) is 5.75 Å². The summed E-state index contributed by atoms with van der Waals surface area (Å²) in [5.41, 5.74) is 1.36. The topological polar surface area (TPSA) is 73.9 Å². The molecule has 2 amide bonds. The third-order valence-electron chi connectivity index (χ3n) is 6.02. The molecule has 14 heteroatoms. The van der Waals surface area contributed by atoms with Crippen LogP contribution in [-0.2, 0) is 9.59 Å². The predicted octanol–water partition coefficient (Wildman–Crippen LogP) is 8.06. The molecule has 4 rings (SSSR count). The van der Waals surface area contributed by atoms with Crippen molar-refractivity contribution < 1.29 is 14.3 Å². The van der Waals surface area contributed by atoms with E-state index in [1.807, 2.05) is 0 Å². The molecule has 1 saturated heterocycles. The van der Waals surface area contributed by atoms with Gasteiger partial charge in [-0.2, -0.15) is 0 Å². The molecular formula is C26H20Cl6N4O3S. The first-order valence-corrected chi connectivity index (χ1v) is 14.3. The Morgan fingerprint density at radius 1 is 0.900 bits per heavy atom. The number of halogens is 6. The summed E-state index contributed by atoms with van der Waals surface area (Å²) < 4.78 is 5.15. The highest BCUT2D eigenvalue weighted by atomic mass is 35.5. The Balaban J connectivity index is 1.55. The van der Waals surface area contributed by atoms with Crippen LogP contribution in [0.2, 0.25) is 30.1 Å². The van der Waals surface area contributed by atoms with Gasteiger partial charge in [0.25, 0.3) is 5.91 Å². The standard InChI is InChI=1S/C26H20Cl6N4O3S/c1-39-16-8-4-14(5-9-16)34-18(37)12-17-25(38)36(15-6-2-13(27)3-7-15)26(40)35(17)11-10-33-24-22(31)20(29)19(28)21(30)23(24)32/h2-9,17,33H,10-12H2,1H3,(H,34,37)/t17-/m1/s1. The van der Waals surface area contributed by atoms with E-state index in [1.165, 1.54) is 4.90 Å². The molecule has 7 nitrogen and oxygen atoms in total. The molecule has 1 fully saturated rings. The third kappa shape index (κ3) is 6.49. The number of nitrogens with one attached hydrogen (secondary N) is 2. The minimum atomic E-state index is -0.883. The van der Waals surface area contributed by atoms with Gasteiger partial charge in [0, 0.05) is 23.8 Å². The number of anilines is 3. The lowest BCUT2D eigenvalue weighted by Crippen LogP contribution is -2.40. The Morgan fingerprint density at radius 2 is 1.48 bits per heavy atom. The molecule has 0 radical (unpaired) electrons. The van der Waals surface area contributed by atoms with E-state index < -0.39 is 6.04 Å². The van der Waals surface area contributed by atoms with Crippen LogP contribution in [0.25, 0.3) is 0 Å². The number of thiocarbonyl (C=S) groups is 1. The minimum absolute atomic E-state index is 0.0387. The second-order valence-corrected chi connectivity index (χ2v) is 11.2. The van der Waals surface area contributed by atoms with E-state index in [4.69, 9.17) is 86.6 Å². The summed E-state index contributed by atoms with van der Waals surface area (Å²) in [6.45, 7) is 0.422. The van der Waals surface area contributed by atoms with Crippen LogP contribution in [-0.4, -0.2) is 48.1 Å². The van der Waals surface area contributed by atoms with E-state index in [1.54, 1.807) is 60.5 Å². The van der Waals surface area contributed by atoms with E-state index in [2.05, 4.69) is 10.6 Å². The maximum Gasteiger partial charge on any atom is 0.256 e. The number of nitrogens with zero attached hydrogens (tertiary/aromatic N) is 2. The van der Waals surface area contributed by atoms with Crippen LogP contribution in [0.1, 0.15) is 6.42 Å². The molecule has 3 aromatic rings. The number of amides is 2. The number of ether oxygens (including phenoxy) is 1. The molecule has 0 bridgehead atoms. The summed E-state index contributed by atoms with van der Waals surface area (Å²) in [5, 5.41) is 6.96. The van der Waals surface area contributed by atoms with E-state index in [0.717, 1.165) is 0 Å². The minimum Gasteiger partial charge on any atom is -0.497 e. The Labute approximate surface area is 266 Å². The van der Waals surface area contributed by atoms with Crippen molar-refractivity contribution in [3.63, 3.8) is 0 Å². The molecule has 0 aromatic heterocycles. The largest absolute Gasteiger partial charge is 0.497 e. The highest BCUT2D eigenvalue weighted by Gasteiger charge is 2.44. The van der Waals surface area contributed by atoms with Crippen molar-refractivity contribution in [2.45, 2.75) is 12.5 Å². The highest BCUT2D eigenvalue weighted by Crippen LogP contribution is 2.46. The monoisotopic (exact) mass is 678 g/mol. The summed E-state index contributed by atoms with van der Waals surface area (Å²) in [4.78, 5) is 29.7. The van der Waals surface area contributed by atoms with Gasteiger partial charge in [0.2, 0.25) is 5.91 Å². The van der Waals surface area contributed by atoms with Crippen LogP contribution in [0.4, 0.5) is 17.1 Å². The third-order valence-corrected chi connectivity index (χ3v) is 8.97. The van der Waals surface area contributed by atoms with Crippen LogP contribution in [0.15, 0.2) is 48.5 Å². The average Bonchev–Trinajstić information content (AvgIpc) is 3.17. The van der Waals surface area contributed by atoms with Crippen molar-refractivity contribution in [2.24, 2.45) is 0 Å². The maximum absolute atomic E-state index is 13.6. The molecule has 40 heavy (non-hydrogen) atoms. The molecule has 1 aliphatic heterocycles. The van der Waals surface area contributed by atoms with Crippen LogP contribution in [0.3, 0.4) is 0 Å². The van der Waals surface area contributed by atoms with E-state index in [9.17, 15) is 9.59 Å². The van der Waals surface area contributed by atoms with Crippen LogP contribution < -0.4 is 20.3 Å². The number of rotatable bonds is 9. The van der Waals surface area contributed by atoms with Crippen molar-refractivity contribution in [3.8, 4) is 5.75 Å². The molecule has 3 aromatic carbocycles. The van der Waals surface area contributed by atoms with Gasteiger partial charge < -0.3 is 20.3 Å². The fourth-order valence-corrected chi connectivity index (χ4v) is 5.85. The first-order valence-electron chi connectivity index (χ1n) is 11.6. The summed E-state index contributed by atoms with van der Waals surface area (Å²) >= 11 is 42.8.